The number of carbonyl (C=O) groups excluding carboxylic acids is 1. The SMILES string of the molecule is C[C@@H](Sc1nccn1C1CC1)C(=O)N[C@@H]1CCCc2ccccc21. The summed E-state index contributed by atoms with van der Waals surface area (Å²) in [6.45, 7) is 1.97. The molecule has 2 aliphatic rings. The lowest BCUT2D eigenvalue weighted by atomic mass is 9.88. The molecule has 0 saturated heterocycles. The summed E-state index contributed by atoms with van der Waals surface area (Å²) in [6, 6.07) is 9.21. The molecule has 1 aromatic heterocycles. The van der Waals surface area contributed by atoms with Crippen molar-refractivity contribution >= 4 is 17.7 Å². The van der Waals surface area contributed by atoms with Gasteiger partial charge in [-0.2, -0.15) is 0 Å². The number of hydrogen-bond donors (Lipinski definition) is 1. The van der Waals surface area contributed by atoms with Gasteiger partial charge in [0, 0.05) is 18.4 Å². The molecular weight excluding hydrogens is 318 g/mol. The van der Waals surface area contributed by atoms with Gasteiger partial charge in [0.1, 0.15) is 0 Å². The number of nitrogens with zero attached hydrogens (tertiary/aromatic N) is 2. The van der Waals surface area contributed by atoms with Gasteiger partial charge in [0.25, 0.3) is 0 Å². The summed E-state index contributed by atoms with van der Waals surface area (Å²) in [4.78, 5) is 17.1. The fourth-order valence-electron chi connectivity index (χ4n) is 3.43. The summed E-state index contributed by atoms with van der Waals surface area (Å²) in [5.41, 5.74) is 2.66. The molecule has 5 heteroatoms. The van der Waals surface area contributed by atoms with E-state index in [1.807, 2.05) is 19.3 Å². The standard InChI is InChI=1S/C19H23N3OS/c1-13(24-19-20-11-12-22(19)15-9-10-15)18(23)21-17-8-4-6-14-5-2-3-7-16(14)17/h2-3,5,7,11-13,15,17H,4,6,8-10H2,1H3,(H,21,23)/t13-,17-/m1/s1. The summed E-state index contributed by atoms with van der Waals surface area (Å²) < 4.78 is 2.21. The van der Waals surface area contributed by atoms with Crippen LogP contribution in [0.3, 0.4) is 0 Å². The third-order valence-corrected chi connectivity index (χ3v) is 6.01. The van der Waals surface area contributed by atoms with Crippen molar-refractivity contribution in [2.75, 3.05) is 0 Å². The third kappa shape index (κ3) is 3.22. The van der Waals surface area contributed by atoms with Crippen LogP contribution in [0.15, 0.2) is 41.8 Å². The molecule has 2 aromatic rings. The number of nitrogens with one attached hydrogen (secondary N) is 1. The Morgan fingerprint density at radius 1 is 1.33 bits per heavy atom. The number of amides is 1. The molecule has 4 rings (SSSR count). The maximum atomic E-state index is 12.7. The van der Waals surface area contributed by atoms with Crippen LogP contribution in [0.4, 0.5) is 0 Å². The molecule has 0 spiro atoms. The number of aromatic nitrogens is 2. The zero-order valence-electron chi connectivity index (χ0n) is 13.9. The second kappa shape index (κ2) is 6.63. The van der Waals surface area contributed by atoms with Gasteiger partial charge in [0.15, 0.2) is 5.16 Å². The lowest BCUT2D eigenvalue weighted by Gasteiger charge is -2.27. The van der Waals surface area contributed by atoms with Gasteiger partial charge >= 0.3 is 0 Å². The van der Waals surface area contributed by atoms with E-state index in [9.17, 15) is 4.79 Å². The highest BCUT2D eigenvalue weighted by molar-refractivity contribution is 8.00. The molecule has 0 unspecified atom stereocenters. The number of imidazole rings is 1. The molecule has 1 heterocycles. The van der Waals surface area contributed by atoms with Crippen molar-refractivity contribution < 1.29 is 4.79 Å². The number of carbonyl (C=O) groups is 1. The molecule has 1 amide bonds. The Kier molecular flexibility index (Phi) is 4.35. The number of rotatable bonds is 5. The van der Waals surface area contributed by atoms with E-state index in [1.165, 1.54) is 24.0 Å². The molecule has 0 radical (unpaired) electrons. The van der Waals surface area contributed by atoms with Crippen LogP contribution in [0.2, 0.25) is 0 Å². The molecule has 1 fully saturated rings. The Morgan fingerprint density at radius 3 is 3.00 bits per heavy atom. The first-order valence-corrected chi connectivity index (χ1v) is 9.68. The first kappa shape index (κ1) is 15.8. The first-order chi connectivity index (χ1) is 11.7. The molecule has 2 aliphatic carbocycles. The lowest BCUT2D eigenvalue weighted by molar-refractivity contribution is -0.121. The molecule has 1 N–H and O–H groups in total. The smallest absolute Gasteiger partial charge is 0.233 e. The molecule has 4 nitrogen and oxygen atoms in total. The van der Waals surface area contributed by atoms with Crippen molar-refractivity contribution in [3.8, 4) is 0 Å². The van der Waals surface area contributed by atoms with Gasteiger partial charge in [0.05, 0.1) is 11.3 Å². The monoisotopic (exact) mass is 341 g/mol. The van der Waals surface area contributed by atoms with Crippen LogP contribution < -0.4 is 5.32 Å². The molecule has 1 saturated carbocycles. The number of fused-ring (bicyclic) bond motifs is 1. The third-order valence-electron chi connectivity index (χ3n) is 4.91. The number of thioether (sulfide) groups is 1. The highest BCUT2D eigenvalue weighted by Gasteiger charge is 2.28. The summed E-state index contributed by atoms with van der Waals surface area (Å²) in [5, 5.41) is 4.08. The van der Waals surface area contributed by atoms with Gasteiger partial charge in [-0.15, -0.1) is 0 Å². The Labute approximate surface area is 147 Å². The molecule has 126 valence electrons. The van der Waals surface area contributed by atoms with Crippen LogP contribution in [-0.2, 0) is 11.2 Å². The normalized spacial score (nSPS) is 21.1. The quantitative estimate of drug-likeness (QED) is 0.839. The number of hydrogen-bond acceptors (Lipinski definition) is 3. The van der Waals surface area contributed by atoms with Gasteiger partial charge in [-0.1, -0.05) is 36.0 Å². The van der Waals surface area contributed by atoms with Crippen molar-refractivity contribution in [1.29, 1.82) is 0 Å². The van der Waals surface area contributed by atoms with Crippen LogP contribution in [0, 0.1) is 0 Å². The maximum Gasteiger partial charge on any atom is 0.233 e. The minimum absolute atomic E-state index is 0.104. The van der Waals surface area contributed by atoms with E-state index in [0.29, 0.717) is 6.04 Å². The van der Waals surface area contributed by atoms with Crippen LogP contribution in [0.25, 0.3) is 0 Å². The van der Waals surface area contributed by atoms with Gasteiger partial charge in [-0.25, -0.2) is 4.98 Å². The van der Waals surface area contributed by atoms with E-state index in [2.05, 4.69) is 39.1 Å². The highest BCUT2D eigenvalue weighted by Crippen LogP contribution is 2.38. The van der Waals surface area contributed by atoms with E-state index in [-0.39, 0.29) is 17.2 Å². The molecule has 24 heavy (non-hydrogen) atoms. The van der Waals surface area contributed by atoms with E-state index >= 15 is 0 Å². The van der Waals surface area contributed by atoms with Crippen molar-refractivity contribution in [2.45, 2.75) is 61.5 Å². The van der Waals surface area contributed by atoms with E-state index in [4.69, 9.17) is 0 Å². The second-order valence-corrected chi connectivity index (χ2v) is 8.07. The van der Waals surface area contributed by atoms with E-state index < -0.39 is 0 Å². The van der Waals surface area contributed by atoms with Crippen molar-refractivity contribution in [1.82, 2.24) is 14.9 Å². The number of aryl methyl sites for hydroxylation is 1. The van der Waals surface area contributed by atoms with Crippen LogP contribution in [0.5, 0.6) is 0 Å². The lowest BCUT2D eigenvalue weighted by Crippen LogP contribution is -2.36. The minimum Gasteiger partial charge on any atom is -0.348 e. The van der Waals surface area contributed by atoms with Crippen molar-refractivity contribution in [3.63, 3.8) is 0 Å². The molecular formula is C19H23N3OS. The van der Waals surface area contributed by atoms with Gasteiger partial charge < -0.3 is 9.88 Å². The average Bonchev–Trinajstić information content (AvgIpc) is 3.34. The Bertz CT molecular complexity index is 738. The summed E-state index contributed by atoms with van der Waals surface area (Å²) in [5.74, 6) is 0.104. The van der Waals surface area contributed by atoms with Crippen LogP contribution >= 0.6 is 11.8 Å². The van der Waals surface area contributed by atoms with Gasteiger partial charge in [0.2, 0.25) is 5.91 Å². The van der Waals surface area contributed by atoms with Crippen molar-refractivity contribution in [2.24, 2.45) is 0 Å². The zero-order valence-corrected chi connectivity index (χ0v) is 14.8. The van der Waals surface area contributed by atoms with Crippen LogP contribution in [0.1, 0.15) is 55.8 Å². The predicted molar refractivity (Wildman–Crippen MR) is 96.1 cm³/mol. The maximum absolute atomic E-state index is 12.7. The van der Waals surface area contributed by atoms with Gasteiger partial charge in [-0.05, 0) is 50.2 Å². The van der Waals surface area contributed by atoms with Gasteiger partial charge in [-0.3, -0.25) is 4.79 Å². The Hall–Kier alpha value is -1.75. The molecule has 0 bridgehead atoms. The zero-order chi connectivity index (χ0) is 16.5. The topological polar surface area (TPSA) is 46.9 Å². The molecule has 1 aromatic carbocycles. The highest BCUT2D eigenvalue weighted by atomic mass is 32.2. The second-order valence-electron chi connectivity index (χ2n) is 6.76. The minimum atomic E-state index is -0.140. The summed E-state index contributed by atoms with van der Waals surface area (Å²) in [7, 11) is 0. The first-order valence-electron chi connectivity index (χ1n) is 8.80. The van der Waals surface area contributed by atoms with Crippen LogP contribution in [-0.4, -0.2) is 20.7 Å². The molecule has 2 atom stereocenters. The Morgan fingerprint density at radius 2 is 2.17 bits per heavy atom. The number of benzene rings is 1. The van der Waals surface area contributed by atoms with E-state index in [0.717, 1.165) is 24.4 Å². The average molecular weight is 341 g/mol. The predicted octanol–water partition coefficient (Wildman–Crippen LogP) is 3.89. The van der Waals surface area contributed by atoms with E-state index in [1.54, 1.807) is 11.8 Å². The van der Waals surface area contributed by atoms with Crippen molar-refractivity contribution in [3.05, 3.63) is 47.8 Å². The summed E-state index contributed by atoms with van der Waals surface area (Å²) in [6.07, 6.45) is 9.59. The fourth-order valence-corrected chi connectivity index (χ4v) is 4.37. The summed E-state index contributed by atoms with van der Waals surface area (Å²) >= 11 is 1.56. The Balaban J connectivity index is 1.42. The largest absolute Gasteiger partial charge is 0.348 e. The fraction of sp³-hybridized carbons (Fsp3) is 0.474. The molecule has 0 aliphatic heterocycles.